The van der Waals surface area contributed by atoms with E-state index in [1.54, 1.807) is 19.1 Å². The van der Waals surface area contributed by atoms with Gasteiger partial charge in [0.15, 0.2) is 11.5 Å². The van der Waals surface area contributed by atoms with Gasteiger partial charge in [-0.2, -0.15) is 0 Å². The Balaban J connectivity index is 2.68. The summed E-state index contributed by atoms with van der Waals surface area (Å²) in [7, 11) is 1.46. The van der Waals surface area contributed by atoms with Gasteiger partial charge in [0.25, 0.3) is 0 Å². The highest BCUT2D eigenvalue weighted by Crippen LogP contribution is 2.26. The molecule has 0 atom stereocenters. The fourth-order valence-electron chi connectivity index (χ4n) is 1.08. The SMILES string of the molecule is C=C(C)C(=O)OCc1ccc(O)c(OC)c1. The zero-order chi connectivity index (χ0) is 12.1. The molecule has 4 nitrogen and oxygen atoms in total. The Bertz CT molecular complexity index is 409. The number of methoxy groups -OCH3 is 1. The van der Waals surface area contributed by atoms with E-state index in [2.05, 4.69) is 6.58 Å². The molecule has 0 bridgehead atoms. The third-order valence-corrected chi connectivity index (χ3v) is 1.96. The Morgan fingerprint density at radius 2 is 2.19 bits per heavy atom. The van der Waals surface area contributed by atoms with Crippen LogP contribution >= 0.6 is 0 Å². The Morgan fingerprint density at radius 1 is 1.50 bits per heavy atom. The molecule has 0 saturated carbocycles. The molecule has 16 heavy (non-hydrogen) atoms. The van der Waals surface area contributed by atoms with Gasteiger partial charge < -0.3 is 14.6 Å². The van der Waals surface area contributed by atoms with Crippen molar-refractivity contribution in [1.82, 2.24) is 0 Å². The van der Waals surface area contributed by atoms with E-state index in [0.717, 1.165) is 5.56 Å². The number of esters is 1. The molecule has 1 aromatic rings. The topological polar surface area (TPSA) is 55.8 Å². The van der Waals surface area contributed by atoms with Crippen LogP contribution in [0.15, 0.2) is 30.4 Å². The van der Waals surface area contributed by atoms with Crippen molar-refractivity contribution in [2.24, 2.45) is 0 Å². The van der Waals surface area contributed by atoms with Crippen LogP contribution in [0.3, 0.4) is 0 Å². The second-order valence-electron chi connectivity index (χ2n) is 3.36. The number of benzene rings is 1. The first-order valence-electron chi connectivity index (χ1n) is 4.73. The minimum Gasteiger partial charge on any atom is -0.504 e. The number of ether oxygens (including phenoxy) is 2. The van der Waals surface area contributed by atoms with Gasteiger partial charge in [-0.3, -0.25) is 0 Å². The lowest BCUT2D eigenvalue weighted by molar-refractivity contribution is -0.140. The first kappa shape index (κ1) is 12.1. The lowest BCUT2D eigenvalue weighted by Crippen LogP contribution is -2.04. The van der Waals surface area contributed by atoms with Crippen LogP contribution in [-0.4, -0.2) is 18.2 Å². The number of rotatable bonds is 4. The van der Waals surface area contributed by atoms with Crippen LogP contribution in [0.1, 0.15) is 12.5 Å². The summed E-state index contributed by atoms with van der Waals surface area (Å²) in [4.78, 5) is 11.1. The fourth-order valence-corrected chi connectivity index (χ4v) is 1.08. The number of aromatic hydroxyl groups is 1. The van der Waals surface area contributed by atoms with E-state index in [0.29, 0.717) is 11.3 Å². The van der Waals surface area contributed by atoms with Crippen LogP contribution in [-0.2, 0) is 16.1 Å². The maximum atomic E-state index is 11.1. The summed E-state index contributed by atoms with van der Waals surface area (Å²) >= 11 is 0. The van der Waals surface area contributed by atoms with E-state index in [1.807, 2.05) is 0 Å². The van der Waals surface area contributed by atoms with Crippen LogP contribution < -0.4 is 4.74 Å². The Hall–Kier alpha value is -1.97. The predicted molar refractivity (Wildman–Crippen MR) is 59.3 cm³/mol. The van der Waals surface area contributed by atoms with Gasteiger partial charge >= 0.3 is 5.97 Å². The van der Waals surface area contributed by atoms with Crippen molar-refractivity contribution >= 4 is 5.97 Å². The number of hydrogen-bond acceptors (Lipinski definition) is 4. The molecule has 0 radical (unpaired) electrons. The van der Waals surface area contributed by atoms with Crippen molar-refractivity contribution in [3.63, 3.8) is 0 Å². The summed E-state index contributed by atoms with van der Waals surface area (Å²) in [5.41, 5.74) is 1.09. The molecule has 0 aliphatic rings. The minimum absolute atomic E-state index is 0.0532. The molecule has 0 amide bonds. The molecule has 86 valence electrons. The van der Waals surface area contributed by atoms with Crippen molar-refractivity contribution in [3.05, 3.63) is 35.9 Å². The molecular formula is C12H14O4. The predicted octanol–water partition coefficient (Wildman–Crippen LogP) is 2.02. The van der Waals surface area contributed by atoms with Gasteiger partial charge in [0.1, 0.15) is 6.61 Å². The van der Waals surface area contributed by atoms with Crippen LogP contribution in [0.2, 0.25) is 0 Å². The molecular weight excluding hydrogens is 208 g/mol. The van der Waals surface area contributed by atoms with Gasteiger partial charge in [-0.05, 0) is 24.6 Å². The zero-order valence-electron chi connectivity index (χ0n) is 9.32. The molecule has 0 aliphatic carbocycles. The first-order valence-corrected chi connectivity index (χ1v) is 4.73. The lowest BCUT2D eigenvalue weighted by Gasteiger charge is -2.07. The average molecular weight is 222 g/mol. The Labute approximate surface area is 94.1 Å². The van der Waals surface area contributed by atoms with E-state index in [-0.39, 0.29) is 12.4 Å². The Kier molecular flexibility index (Phi) is 3.94. The summed E-state index contributed by atoms with van der Waals surface area (Å²) < 4.78 is 9.89. The van der Waals surface area contributed by atoms with Gasteiger partial charge in [-0.25, -0.2) is 4.79 Å². The number of carbonyl (C=O) groups excluding carboxylic acids is 1. The maximum absolute atomic E-state index is 11.1. The summed E-state index contributed by atoms with van der Waals surface area (Å²) in [6, 6.07) is 4.76. The summed E-state index contributed by atoms with van der Waals surface area (Å²) in [5, 5.41) is 9.35. The molecule has 1 aromatic carbocycles. The summed E-state index contributed by atoms with van der Waals surface area (Å²) in [5.74, 6) is -0.0339. The number of phenols is 1. The van der Waals surface area contributed by atoms with E-state index in [4.69, 9.17) is 9.47 Å². The number of carbonyl (C=O) groups is 1. The average Bonchev–Trinajstić information content (AvgIpc) is 2.27. The zero-order valence-corrected chi connectivity index (χ0v) is 9.32. The highest BCUT2D eigenvalue weighted by atomic mass is 16.5. The molecule has 0 saturated heterocycles. The van der Waals surface area contributed by atoms with Gasteiger partial charge in [-0.15, -0.1) is 0 Å². The number of phenolic OH excluding ortho intramolecular Hbond substituents is 1. The van der Waals surface area contributed by atoms with E-state index >= 15 is 0 Å². The van der Waals surface area contributed by atoms with Crippen LogP contribution in [0.4, 0.5) is 0 Å². The standard InChI is InChI=1S/C12H14O4/c1-8(2)12(14)16-7-9-4-5-10(13)11(6-9)15-3/h4-6,13H,1,7H2,2-3H3. The van der Waals surface area contributed by atoms with Gasteiger partial charge in [0.05, 0.1) is 7.11 Å². The van der Waals surface area contributed by atoms with Crippen molar-refractivity contribution in [1.29, 1.82) is 0 Å². The molecule has 0 heterocycles. The molecule has 0 aromatic heterocycles. The van der Waals surface area contributed by atoms with Gasteiger partial charge in [0, 0.05) is 5.57 Å². The molecule has 0 fully saturated rings. The lowest BCUT2D eigenvalue weighted by atomic mass is 10.2. The highest BCUT2D eigenvalue weighted by Gasteiger charge is 2.06. The first-order chi connectivity index (χ1) is 7.54. The third-order valence-electron chi connectivity index (χ3n) is 1.96. The monoisotopic (exact) mass is 222 g/mol. The molecule has 1 rings (SSSR count). The molecule has 0 unspecified atom stereocenters. The highest BCUT2D eigenvalue weighted by molar-refractivity contribution is 5.86. The van der Waals surface area contributed by atoms with Crippen LogP contribution in [0.25, 0.3) is 0 Å². The second kappa shape index (κ2) is 5.21. The molecule has 4 heteroatoms. The van der Waals surface area contributed by atoms with Crippen molar-refractivity contribution < 1.29 is 19.4 Å². The van der Waals surface area contributed by atoms with Gasteiger partial charge in [-0.1, -0.05) is 12.6 Å². The van der Waals surface area contributed by atoms with Crippen LogP contribution in [0.5, 0.6) is 11.5 Å². The van der Waals surface area contributed by atoms with Crippen LogP contribution in [0, 0.1) is 0 Å². The minimum atomic E-state index is -0.438. The van der Waals surface area contributed by atoms with E-state index < -0.39 is 5.97 Å². The molecule has 1 N–H and O–H groups in total. The van der Waals surface area contributed by atoms with Crippen molar-refractivity contribution in [2.45, 2.75) is 13.5 Å². The second-order valence-corrected chi connectivity index (χ2v) is 3.36. The van der Waals surface area contributed by atoms with Gasteiger partial charge in [0.2, 0.25) is 0 Å². The van der Waals surface area contributed by atoms with E-state index in [9.17, 15) is 9.90 Å². The third kappa shape index (κ3) is 3.02. The smallest absolute Gasteiger partial charge is 0.333 e. The van der Waals surface area contributed by atoms with Crippen molar-refractivity contribution in [2.75, 3.05) is 7.11 Å². The molecule has 0 spiro atoms. The Morgan fingerprint density at radius 3 is 2.75 bits per heavy atom. The quantitative estimate of drug-likeness (QED) is 0.625. The maximum Gasteiger partial charge on any atom is 0.333 e. The summed E-state index contributed by atoms with van der Waals surface area (Å²) in [6.07, 6.45) is 0. The van der Waals surface area contributed by atoms with E-state index in [1.165, 1.54) is 13.2 Å². The molecule has 0 aliphatic heterocycles. The largest absolute Gasteiger partial charge is 0.504 e. The fraction of sp³-hybridized carbons (Fsp3) is 0.250. The van der Waals surface area contributed by atoms with Crippen molar-refractivity contribution in [3.8, 4) is 11.5 Å². The normalized spacial score (nSPS) is 9.62. The number of hydrogen-bond donors (Lipinski definition) is 1. The summed E-state index contributed by atoms with van der Waals surface area (Å²) in [6.45, 7) is 5.19.